The second-order valence-corrected chi connectivity index (χ2v) is 8.22. The van der Waals surface area contributed by atoms with Crippen LogP contribution in [0.4, 0.5) is 5.69 Å². The predicted molar refractivity (Wildman–Crippen MR) is 123 cm³/mol. The van der Waals surface area contributed by atoms with E-state index in [-0.39, 0.29) is 11.7 Å². The Balaban J connectivity index is 1.48. The summed E-state index contributed by atoms with van der Waals surface area (Å²) in [6.45, 7) is 2.54. The zero-order valence-electron chi connectivity index (χ0n) is 16.4. The molecule has 4 rings (SSSR count). The van der Waals surface area contributed by atoms with Crippen LogP contribution in [0.25, 0.3) is 17.0 Å². The lowest BCUT2D eigenvalue weighted by Gasteiger charge is -2.08. The third-order valence-electron chi connectivity index (χ3n) is 4.22. The van der Waals surface area contributed by atoms with Crippen molar-refractivity contribution >= 4 is 52.2 Å². The van der Waals surface area contributed by atoms with Crippen molar-refractivity contribution in [3.05, 3.63) is 64.6 Å². The molecule has 158 valence electrons. The van der Waals surface area contributed by atoms with Gasteiger partial charge in [0.1, 0.15) is 10.8 Å². The lowest BCUT2D eigenvalue weighted by atomic mass is 10.2. The van der Waals surface area contributed by atoms with Gasteiger partial charge in [0.25, 0.3) is 0 Å². The number of nitrogens with one attached hydrogen (secondary N) is 1. The standard InChI is InChI=1S/C21H17Cl2N5O2S/c1-2-30-15-6-3-13(4-7-15)21-26-25-18-9-10-20(27-28(18)21)31-12-19(29)24-17-11-14(22)5-8-16(17)23/h3-11H,2,12H2,1H3,(H,24,29). The maximum atomic E-state index is 12.3. The molecule has 0 spiro atoms. The Morgan fingerprint density at radius 3 is 2.68 bits per heavy atom. The first-order valence-corrected chi connectivity index (χ1v) is 11.1. The van der Waals surface area contributed by atoms with E-state index < -0.39 is 0 Å². The molecule has 31 heavy (non-hydrogen) atoms. The summed E-state index contributed by atoms with van der Waals surface area (Å²) in [5.74, 6) is 1.33. The highest BCUT2D eigenvalue weighted by atomic mass is 35.5. The topological polar surface area (TPSA) is 81.4 Å². The van der Waals surface area contributed by atoms with Gasteiger partial charge in [0.05, 0.1) is 23.1 Å². The van der Waals surface area contributed by atoms with E-state index in [0.29, 0.717) is 38.8 Å². The summed E-state index contributed by atoms with van der Waals surface area (Å²) >= 11 is 13.3. The molecule has 0 bridgehead atoms. The Kier molecular flexibility index (Phi) is 6.60. The minimum atomic E-state index is -0.216. The Bertz CT molecular complexity index is 1230. The number of anilines is 1. The van der Waals surface area contributed by atoms with Crippen LogP contribution in [0, 0.1) is 0 Å². The molecule has 0 saturated heterocycles. The molecule has 0 unspecified atom stereocenters. The number of aromatic nitrogens is 4. The summed E-state index contributed by atoms with van der Waals surface area (Å²) < 4.78 is 7.14. The van der Waals surface area contributed by atoms with Crippen molar-refractivity contribution in [2.45, 2.75) is 11.9 Å². The molecule has 0 atom stereocenters. The molecule has 0 radical (unpaired) electrons. The van der Waals surface area contributed by atoms with E-state index in [1.807, 2.05) is 37.3 Å². The number of hydrogen-bond acceptors (Lipinski definition) is 6. The Hall–Kier alpha value is -2.81. The minimum Gasteiger partial charge on any atom is -0.494 e. The highest BCUT2D eigenvalue weighted by Gasteiger charge is 2.12. The molecule has 2 aromatic heterocycles. The lowest BCUT2D eigenvalue weighted by Crippen LogP contribution is -2.14. The van der Waals surface area contributed by atoms with Crippen molar-refractivity contribution in [1.82, 2.24) is 19.8 Å². The van der Waals surface area contributed by atoms with Gasteiger partial charge in [-0.3, -0.25) is 4.79 Å². The van der Waals surface area contributed by atoms with Crippen molar-refractivity contribution < 1.29 is 9.53 Å². The monoisotopic (exact) mass is 473 g/mol. The molecule has 2 heterocycles. The van der Waals surface area contributed by atoms with Gasteiger partial charge in [-0.05, 0) is 61.5 Å². The minimum absolute atomic E-state index is 0.155. The Morgan fingerprint density at radius 2 is 1.90 bits per heavy atom. The maximum absolute atomic E-state index is 12.3. The molecule has 0 aliphatic heterocycles. The second kappa shape index (κ2) is 9.55. The summed E-state index contributed by atoms with van der Waals surface area (Å²) in [5, 5.41) is 17.3. The van der Waals surface area contributed by atoms with E-state index in [4.69, 9.17) is 27.9 Å². The van der Waals surface area contributed by atoms with E-state index in [1.165, 1.54) is 11.8 Å². The third-order valence-corrected chi connectivity index (χ3v) is 5.70. The summed E-state index contributed by atoms with van der Waals surface area (Å²) in [6, 6.07) is 16.1. The molecule has 10 heteroatoms. The van der Waals surface area contributed by atoms with E-state index in [0.717, 1.165) is 11.3 Å². The number of rotatable bonds is 7. The number of benzene rings is 2. The predicted octanol–water partition coefficient (Wildman–Crippen LogP) is 5.23. The first-order valence-electron chi connectivity index (χ1n) is 9.37. The summed E-state index contributed by atoms with van der Waals surface area (Å²) in [4.78, 5) is 12.3. The maximum Gasteiger partial charge on any atom is 0.234 e. The SMILES string of the molecule is CCOc1ccc(-c2nnc3ccc(SCC(=O)Nc4cc(Cl)ccc4Cl)nn23)cc1. The van der Waals surface area contributed by atoms with Crippen molar-refractivity contribution in [2.75, 3.05) is 17.7 Å². The molecule has 0 fully saturated rings. The smallest absolute Gasteiger partial charge is 0.234 e. The normalized spacial score (nSPS) is 10.9. The van der Waals surface area contributed by atoms with Gasteiger partial charge in [-0.2, -0.15) is 9.61 Å². The molecule has 0 aliphatic rings. The highest BCUT2D eigenvalue weighted by Crippen LogP contribution is 2.26. The summed E-state index contributed by atoms with van der Waals surface area (Å²) in [7, 11) is 0. The van der Waals surface area contributed by atoms with Gasteiger partial charge in [-0.15, -0.1) is 10.2 Å². The molecule has 1 N–H and O–H groups in total. The number of nitrogens with zero attached hydrogens (tertiary/aromatic N) is 4. The molecular formula is C21H17Cl2N5O2S. The first kappa shape index (κ1) is 21.4. The fourth-order valence-electron chi connectivity index (χ4n) is 2.82. The molecule has 0 aliphatic carbocycles. The Morgan fingerprint density at radius 1 is 1.10 bits per heavy atom. The van der Waals surface area contributed by atoms with Crippen LogP contribution >= 0.6 is 35.0 Å². The fraction of sp³-hybridized carbons (Fsp3) is 0.143. The van der Waals surface area contributed by atoms with Crippen LogP contribution < -0.4 is 10.1 Å². The first-order chi connectivity index (χ1) is 15.0. The third kappa shape index (κ3) is 5.10. The van der Waals surface area contributed by atoms with E-state index in [2.05, 4.69) is 20.6 Å². The zero-order chi connectivity index (χ0) is 21.8. The zero-order valence-corrected chi connectivity index (χ0v) is 18.7. The number of amides is 1. The van der Waals surface area contributed by atoms with Crippen LogP contribution in [0.2, 0.25) is 10.0 Å². The highest BCUT2D eigenvalue weighted by molar-refractivity contribution is 7.99. The van der Waals surface area contributed by atoms with Gasteiger partial charge in [0, 0.05) is 10.6 Å². The van der Waals surface area contributed by atoms with Crippen LogP contribution in [0.3, 0.4) is 0 Å². The van der Waals surface area contributed by atoms with Gasteiger partial charge in [0.2, 0.25) is 5.91 Å². The van der Waals surface area contributed by atoms with Gasteiger partial charge in [0.15, 0.2) is 11.5 Å². The van der Waals surface area contributed by atoms with Gasteiger partial charge < -0.3 is 10.1 Å². The average Bonchev–Trinajstić information content (AvgIpc) is 3.19. The summed E-state index contributed by atoms with van der Waals surface area (Å²) in [5.41, 5.74) is 1.95. The molecule has 2 aromatic carbocycles. The molecule has 7 nitrogen and oxygen atoms in total. The van der Waals surface area contributed by atoms with E-state index >= 15 is 0 Å². The van der Waals surface area contributed by atoms with E-state index in [1.54, 1.807) is 28.8 Å². The van der Waals surface area contributed by atoms with Gasteiger partial charge >= 0.3 is 0 Å². The molecular weight excluding hydrogens is 457 g/mol. The number of carbonyl (C=O) groups is 1. The lowest BCUT2D eigenvalue weighted by molar-refractivity contribution is -0.113. The Labute approximate surface area is 192 Å². The number of fused-ring (bicyclic) bond motifs is 1. The average molecular weight is 474 g/mol. The number of hydrogen-bond donors (Lipinski definition) is 1. The number of ether oxygens (including phenoxy) is 1. The number of carbonyl (C=O) groups excluding carboxylic acids is 1. The van der Waals surface area contributed by atoms with Crippen LogP contribution in [-0.4, -0.2) is 38.1 Å². The van der Waals surface area contributed by atoms with Crippen LogP contribution in [0.15, 0.2) is 59.6 Å². The number of thioether (sulfide) groups is 1. The second-order valence-electron chi connectivity index (χ2n) is 6.38. The van der Waals surface area contributed by atoms with Crippen molar-refractivity contribution in [1.29, 1.82) is 0 Å². The van der Waals surface area contributed by atoms with E-state index in [9.17, 15) is 4.79 Å². The molecule has 1 amide bonds. The molecule has 0 saturated carbocycles. The summed E-state index contributed by atoms with van der Waals surface area (Å²) in [6.07, 6.45) is 0. The quantitative estimate of drug-likeness (QED) is 0.370. The largest absolute Gasteiger partial charge is 0.494 e. The van der Waals surface area contributed by atoms with Crippen molar-refractivity contribution in [3.8, 4) is 17.1 Å². The fourth-order valence-corrected chi connectivity index (χ4v) is 3.81. The van der Waals surface area contributed by atoms with Crippen molar-refractivity contribution in [2.24, 2.45) is 0 Å². The number of halogens is 2. The van der Waals surface area contributed by atoms with Crippen LogP contribution in [0.5, 0.6) is 5.75 Å². The van der Waals surface area contributed by atoms with Crippen molar-refractivity contribution in [3.63, 3.8) is 0 Å². The van der Waals surface area contributed by atoms with Gasteiger partial charge in [-0.25, -0.2) is 0 Å². The van der Waals surface area contributed by atoms with Gasteiger partial charge in [-0.1, -0.05) is 35.0 Å². The van der Waals surface area contributed by atoms with Crippen LogP contribution in [0.1, 0.15) is 6.92 Å². The molecule has 4 aromatic rings. The van der Waals surface area contributed by atoms with Crippen LogP contribution in [-0.2, 0) is 4.79 Å².